The van der Waals surface area contributed by atoms with Gasteiger partial charge in [-0.05, 0) is 105 Å². The van der Waals surface area contributed by atoms with E-state index in [1.165, 1.54) is 55.5 Å². The highest BCUT2D eigenvalue weighted by atomic mass is 32.2. The Hall–Kier alpha value is -11.1. The molecule has 2 aliphatic rings. The molecule has 1 saturated carbocycles. The number of carbonyl (C=O) groups is 16. The van der Waals surface area contributed by atoms with Crippen molar-refractivity contribution in [3.63, 3.8) is 0 Å². The first kappa shape index (κ1) is 88.8. The lowest BCUT2D eigenvalue weighted by Gasteiger charge is -2.45. The molecule has 0 bridgehead atoms. The van der Waals surface area contributed by atoms with Crippen LogP contribution < -0.4 is 64.6 Å². The Kier molecular flexibility index (Phi) is 34.2. The molecule has 1 aliphatic heterocycles. The number of primary amides is 2. The van der Waals surface area contributed by atoms with E-state index in [4.69, 9.17) is 11.5 Å². The molecule has 0 spiro atoms. The number of para-hydroxylation sites is 1. The summed E-state index contributed by atoms with van der Waals surface area (Å²) in [6, 6.07) is 1.99. The average Bonchev–Trinajstić information content (AvgIpc) is 1.64. The smallest absolute Gasteiger partial charge is 0.317 e. The number of carboxylic acids is 4. The number of carbonyl (C=O) groups excluding carboxylic acids is 12. The summed E-state index contributed by atoms with van der Waals surface area (Å²) in [5.41, 5.74) is 11.2. The molecule has 3 heterocycles. The van der Waals surface area contributed by atoms with Gasteiger partial charge in [0.2, 0.25) is 65.0 Å². The number of aromatic nitrogens is 3. The summed E-state index contributed by atoms with van der Waals surface area (Å²) in [6.45, 7) is 3.53. The molecule has 0 radical (unpaired) electrons. The number of rotatable bonds is 45. The van der Waals surface area contributed by atoms with Crippen molar-refractivity contribution in [1.82, 2.24) is 77.5 Å². The lowest BCUT2D eigenvalue weighted by Crippen LogP contribution is -2.62. The third kappa shape index (κ3) is 28.1. The van der Waals surface area contributed by atoms with Crippen molar-refractivity contribution < 1.29 is 97.1 Å². The van der Waals surface area contributed by atoms with Crippen LogP contribution in [0.2, 0.25) is 0 Å². The first-order valence-electron chi connectivity index (χ1n) is 36.3. The number of anilines is 1. The van der Waals surface area contributed by atoms with E-state index in [2.05, 4.69) is 68.1 Å². The molecule has 111 heavy (non-hydrogen) atoms. The van der Waals surface area contributed by atoms with Crippen LogP contribution in [0.4, 0.5) is 5.69 Å². The van der Waals surface area contributed by atoms with Crippen LogP contribution in [0.3, 0.4) is 0 Å². The Morgan fingerprint density at radius 1 is 0.604 bits per heavy atom. The molecule has 2 aromatic heterocycles. The molecule has 2 aromatic carbocycles. The fourth-order valence-electron chi connectivity index (χ4n) is 13.5. The maximum absolute atomic E-state index is 14.5. The first-order valence-corrected chi connectivity index (χ1v) is 37.7. The maximum Gasteiger partial charge on any atom is 0.317 e. The van der Waals surface area contributed by atoms with Gasteiger partial charge >= 0.3 is 23.9 Å². The van der Waals surface area contributed by atoms with Crippen molar-refractivity contribution in [1.29, 1.82) is 0 Å². The number of carboxylic acid groups (broad SMARTS) is 4. The van der Waals surface area contributed by atoms with Crippen LogP contribution in [0.15, 0.2) is 67.3 Å². The first-order chi connectivity index (χ1) is 52.5. The highest BCUT2D eigenvalue weighted by molar-refractivity contribution is 7.98. The van der Waals surface area contributed by atoms with Crippen LogP contribution >= 0.6 is 11.8 Å². The molecule has 38 nitrogen and oxygen atoms in total. The van der Waals surface area contributed by atoms with E-state index in [0.717, 1.165) is 4.90 Å². The van der Waals surface area contributed by atoms with E-state index < -0.39 is 213 Å². The summed E-state index contributed by atoms with van der Waals surface area (Å²) >= 11 is 1.45. The third-order valence-electron chi connectivity index (χ3n) is 19.0. The summed E-state index contributed by atoms with van der Waals surface area (Å²) in [7, 11) is 0. The Balaban J connectivity index is 1.10. The van der Waals surface area contributed by atoms with Gasteiger partial charge in [0.25, 0.3) is 5.91 Å². The summed E-state index contributed by atoms with van der Waals surface area (Å²) in [5, 5.41) is 66.5. The van der Waals surface area contributed by atoms with E-state index in [-0.39, 0.29) is 68.8 Å². The van der Waals surface area contributed by atoms with E-state index in [0.29, 0.717) is 53.6 Å². The van der Waals surface area contributed by atoms with Gasteiger partial charge in [0.05, 0.1) is 45.6 Å². The molecule has 9 atom stereocenters. The molecule has 1 aliphatic carbocycles. The second-order valence-electron chi connectivity index (χ2n) is 28.5. The lowest BCUT2D eigenvalue weighted by molar-refractivity contribution is -0.148. The molecule has 12 amide bonds. The van der Waals surface area contributed by atoms with Crippen molar-refractivity contribution in [2.75, 3.05) is 69.7 Å². The highest BCUT2D eigenvalue weighted by Gasteiger charge is 2.50. The van der Waals surface area contributed by atoms with Gasteiger partial charge in [0, 0.05) is 96.6 Å². The molecule has 1 saturated heterocycles. The molecule has 4 aromatic rings. The van der Waals surface area contributed by atoms with Crippen molar-refractivity contribution in [2.45, 2.75) is 172 Å². The predicted molar refractivity (Wildman–Crippen MR) is 402 cm³/mol. The van der Waals surface area contributed by atoms with Gasteiger partial charge in [-0.2, -0.15) is 11.8 Å². The standard InChI is InChI=1S/C72H102N18O20S/c1-39(2)25-50(69(108)83-48(64(74)103)22-24-111-6)85-70(109)52(27-45-29-75-38-79-45)82-58(94)31-78-71(110)63(40(3)4)87-65(104)41(5)80-68(107)51(26-43-28-76-47-12-8-7-11-46(43)47)86-67(106)49(19-20-55(73)91)84-66(105)42-15-17-44(18-16-42)81-57(93)30-77-56(92)21-23-72(90(34-61(99)100)35-62(101)102)36-88(32-59(95)96)53-13-9-10-14-54(53)89(37-72)33-60(97)98/h7-8,11-12,15-18,28-29,38-41,48-54,63,76H,9-10,13-14,19-27,30-37H2,1-6H3,(H2,73,91)(H2,74,103)(H,75,79)(H,77,92)(H,78,110)(H,80,107)(H,81,93)(H,82,94)(H,83,108)(H,84,105)(H,85,109)(H,86,106)(H,87,104)(H,95,96)(H,97,98)(H,99,100)(H,101,102)/t41?,48?,49?,50-,51-,52-,53+,54+,63-/m0/s1. The highest BCUT2D eigenvalue weighted by Crippen LogP contribution is 2.37. The maximum atomic E-state index is 14.5. The molecule has 39 heteroatoms. The van der Waals surface area contributed by atoms with Gasteiger partial charge in [-0.25, -0.2) is 4.98 Å². The molecule has 2 fully saturated rings. The number of nitrogens with one attached hydrogen (secondary N) is 12. The van der Waals surface area contributed by atoms with Crippen molar-refractivity contribution in [3.8, 4) is 0 Å². The fraction of sp³-hybridized carbons (Fsp3) is 0.542. The van der Waals surface area contributed by atoms with Crippen LogP contribution in [0.25, 0.3) is 10.9 Å². The van der Waals surface area contributed by atoms with Gasteiger partial charge in [0.15, 0.2) is 0 Å². The number of imidazole rings is 1. The minimum Gasteiger partial charge on any atom is -0.480 e. The normalized spacial score (nSPS) is 16.8. The summed E-state index contributed by atoms with van der Waals surface area (Å²) in [4.78, 5) is 227. The number of H-pyrrole nitrogens is 2. The molecule has 20 N–H and O–H groups in total. The summed E-state index contributed by atoms with van der Waals surface area (Å²) < 4.78 is 0. The van der Waals surface area contributed by atoms with E-state index in [9.17, 15) is 97.1 Å². The number of benzene rings is 2. The zero-order valence-corrected chi connectivity index (χ0v) is 63.5. The minimum absolute atomic E-state index is 0.0668. The molecule has 606 valence electrons. The third-order valence-corrected chi connectivity index (χ3v) is 19.7. The van der Waals surface area contributed by atoms with Crippen molar-refractivity contribution in [2.24, 2.45) is 23.3 Å². The number of aromatic amines is 2. The van der Waals surface area contributed by atoms with Gasteiger partial charge < -0.3 is 95.0 Å². The summed E-state index contributed by atoms with van der Waals surface area (Å²) in [5.74, 6) is -15.4. The molecular weight excluding hydrogens is 1470 g/mol. The second kappa shape index (κ2) is 42.8. The number of nitrogens with zero attached hydrogens (tertiary/aromatic N) is 4. The Morgan fingerprint density at radius 3 is 1.75 bits per heavy atom. The minimum atomic E-state index is -1.61. The topological polar surface area (TPSA) is 581 Å². The van der Waals surface area contributed by atoms with Gasteiger partial charge in [0.1, 0.15) is 42.3 Å². The average molecular weight is 1570 g/mol. The second-order valence-corrected chi connectivity index (χ2v) is 29.4. The van der Waals surface area contributed by atoms with E-state index in [1.807, 2.05) is 20.1 Å². The Bertz CT molecular complexity index is 3920. The Morgan fingerprint density at radius 2 is 1.18 bits per heavy atom. The van der Waals surface area contributed by atoms with Gasteiger partial charge in [-0.3, -0.25) is 91.4 Å². The van der Waals surface area contributed by atoms with Gasteiger partial charge in [-0.1, -0.05) is 58.7 Å². The molecular formula is C72H102N18O20S. The lowest BCUT2D eigenvalue weighted by atomic mass is 9.88. The predicted octanol–water partition coefficient (Wildman–Crippen LogP) is -2.13. The monoisotopic (exact) mass is 1570 g/mol. The summed E-state index contributed by atoms with van der Waals surface area (Å²) in [6.07, 6.45) is 7.05. The molecule has 6 rings (SSSR count). The zero-order chi connectivity index (χ0) is 81.8. The number of fused-ring (bicyclic) bond motifs is 2. The van der Waals surface area contributed by atoms with Crippen LogP contribution in [0, 0.1) is 11.8 Å². The van der Waals surface area contributed by atoms with Crippen LogP contribution in [-0.2, 0) is 84.8 Å². The van der Waals surface area contributed by atoms with Crippen LogP contribution in [0.1, 0.15) is 120 Å². The van der Waals surface area contributed by atoms with Crippen LogP contribution in [0.5, 0.6) is 0 Å². The van der Waals surface area contributed by atoms with Crippen LogP contribution in [-0.4, -0.2) is 269 Å². The fourth-order valence-corrected chi connectivity index (χ4v) is 14.0. The quantitative estimate of drug-likeness (QED) is 0.0225. The van der Waals surface area contributed by atoms with E-state index in [1.54, 1.807) is 54.1 Å². The van der Waals surface area contributed by atoms with Gasteiger partial charge in [-0.15, -0.1) is 0 Å². The van der Waals surface area contributed by atoms with Crippen molar-refractivity contribution >= 4 is 123 Å². The number of thioether (sulfide) groups is 1. The number of hydrogen-bond donors (Lipinski definition) is 18. The number of nitrogens with two attached hydrogens (primary N) is 2. The number of hydrogen-bond acceptors (Lipinski definition) is 21. The van der Waals surface area contributed by atoms with E-state index >= 15 is 0 Å². The SMILES string of the molecule is CSCCC(NC(=O)[C@H](CC(C)C)NC(=O)[C@H](Cc1cnc[nH]1)NC(=O)CNC(=O)[C@@H](NC(=O)C(C)NC(=O)[C@H](Cc1c[nH]c2ccccc12)NC(=O)C(CCC(N)=O)NC(=O)c1ccc(NC(=O)CNC(=O)CCC2(N(CC(=O)O)CC(=O)O)CN(CC(=O)O)[C@@H]3CCCC[C@H]3N(CC(=O)O)C2)cc1)C(C)C)C(N)=O. The Labute approximate surface area is 643 Å². The number of amides is 12. The van der Waals surface area contributed by atoms with Crippen molar-refractivity contribution in [3.05, 3.63) is 84.1 Å². The largest absolute Gasteiger partial charge is 0.480 e. The molecule has 3 unspecified atom stereocenters. The zero-order valence-electron chi connectivity index (χ0n) is 62.7. The number of aliphatic carboxylic acids is 4.